The summed E-state index contributed by atoms with van der Waals surface area (Å²) in [7, 11) is 0. The molecule has 4 rings (SSSR count). The molecule has 0 saturated heterocycles. The molecule has 2 aromatic rings. The van der Waals surface area contributed by atoms with E-state index in [-0.39, 0.29) is 0 Å². The molecule has 0 spiro atoms. The quantitative estimate of drug-likeness (QED) is 0.633. The minimum atomic E-state index is 1.31. The fourth-order valence-corrected chi connectivity index (χ4v) is 2.71. The molecule has 0 unspecified atom stereocenters. The van der Waals surface area contributed by atoms with E-state index in [2.05, 4.69) is 67.1 Å². The first-order valence-corrected chi connectivity index (χ1v) is 5.89. The third-order valence-corrected chi connectivity index (χ3v) is 3.54. The van der Waals surface area contributed by atoms with Crippen LogP contribution in [0.5, 0.6) is 0 Å². The molecule has 2 aliphatic carbocycles. The number of rotatable bonds is 0. The van der Waals surface area contributed by atoms with Crippen LogP contribution in [0.1, 0.15) is 11.1 Å². The van der Waals surface area contributed by atoms with E-state index in [1.165, 1.54) is 32.3 Å². The number of hydrogen-bond acceptors (Lipinski definition) is 0. The molecule has 0 atom stereocenters. The van der Waals surface area contributed by atoms with E-state index >= 15 is 0 Å². The molecule has 1 radical (unpaired) electrons. The van der Waals surface area contributed by atoms with Gasteiger partial charge in [0.05, 0.1) is 0 Å². The fraction of sp³-hybridized carbons (Fsp3) is 0. The Morgan fingerprint density at radius 3 is 2.18 bits per heavy atom. The van der Waals surface area contributed by atoms with Crippen molar-refractivity contribution in [3.8, 4) is 0 Å². The monoisotopic (exact) mass is 215 g/mol. The lowest BCUT2D eigenvalue weighted by atomic mass is 9.94. The van der Waals surface area contributed by atoms with Crippen molar-refractivity contribution in [1.82, 2.24) is 0 Å². The van der Waals surface area contributed by atoms with Crippen molar-refractivity contribution >= 4 is 29.0 Å². The highest BCUT2D eigenvalue weighted by atomic mass is 14.1. The van der Waals surface area contributed by atoms with Crippen molar-refractivity contribution in [2.24, 2.45) is 0 Å². The van der Waals surface area contributed by atoms with Crippen molar-refractivity contribution in [2.75, 3.05) is 0 Å². The summed E-state index contributed by atoms with van der Waals surface area (Å²) in [6, 6.07) is 8.90. The zero-order valence-electron chi connectivity index (χ0n) is 9.35. The zero-order valence-corrected chi connectivity index (χ0v) is 9.35. The normalized spacial score (nSPS) is 15.3. The van der Waals surface area contributed by atoms with Gasteiger partial charge in [-0.15, -0.1) is 0 Å². The van der Waals surface area contributed by atoms with Crippen LogP contribution < -0.4 is 10.4 Å². The molecule has 0 heteroatoms. The van der Waals surface area contributed by atoms with Gasteiger partial charge in [0.25, 0.3) is 0 Å². The molecule has 0 amide bonds. The van der Waals surface area contributed by atoms with Gasteiger partial charge >= 0.3 is 0 Å². The molecule has 0 nitrogen and oxygen atoms in total. The molecule has 0 aromatic heterocycles. The van der Waals surface area contributed by atoms with E-state index in [1.807, 2.05) is 0 Å². The molecule has 2 aromatic carbocycles. The third kappa shape index (κ3) is 1.18. The lowest BCUT2D eigenvalue weighted by molar-refractivity contribution is 1.47. The van der Waals surface area contributed by atoms with E-state index in [9.17, 15) is 0 Å². The van der Waals surface area contributed by atoms with Gasteiger partial charge in [-0.1, -0.05) is 60.7 Å². The van der Waals surface area contributed by atoms with Crippen LogP contribution in [0.15, 0.2) is 42.5 Å². The van der Waals surface area contributed by atoms with Crippen LogP contribution in [-0.2, 0) is 0 Å². The van der Waals surface area contributed by atoms with Gasteiger partial charge in [-0.2, -0.15) is 0 Å². The maximum atomic E-state index is 2.24. The third-order valence-electron chi connectivity index (χ3n) is 3.54. The summed E-state index contributed by atoms with van der Waals surface area (Å²) < 4.78 is 0. The summed E-state index contributed by atoms with van der Waals surface area (Å²) in [5.41, 5.74) is 2.70. The van der Waals surface area contributed by atoms with Gasteiger partial charge in [0, 0.05) is 6.42 Å². The maximum Gasteiger partial charge on any atom is 0.0137 e. The van der Waals surface area contributed by atoms with Crippen molar-refractivity contribution in [3.63, 3.8) is 0 Å². The molecule has 0 N–H and O–H groups in total. The first-order chi connectivity index (χ1) is 8.43. The molecule has 0 saturated carbocycles. The van der Waals surface area contributed by atoms with E-state index in [4.69, 9.17) is 0 Å². The van der Waals surface area contributed by atoms with Gasteiger partial charge in [-0.25, -0.2) is 0 Å². The first kappa shape index (κ1) is 9.00. The van der Waals surface area contributed by atoms with E-state index < -0.39 is 0 Å². The molecular weight excluding hydrogens is 204 g/mol. The number of benzene rings is 2. The highest BCUT2D eigenvalue weighted by Crippen LogP contribution is 2.22. The van der Waals surface area contributed by atoms with Crippen LogP contribution in [0, 0.1) is 6.42 Å². The molecule has 0 aliphatic heterocycles. The summed E-state index contributed by atoms with van der Waals surface area (Å²) in [6.45, 7) is 0. The summed E-state index contributed by atoms with van der Waals surface area (Å²) in [5.74, 6) is 0. The lowest BCUT2D eigenvalue weighted by Gasteiger charge is -2.10. The summed E-state index contributed by atoms with van der Waals surface area (Å²) >= 11 is 0. The lowest BCUT2D eigenvalue weighted by Crippen LogP contribution is -2.11. The highest BCUT2D eigenvalue weighted by molar-refractivity contribution is 5.96. The summed E-state index contributed by atoms with van der Waals surface area (Å²) in [6.07, 6.45) is 15.1. The van der Waals surface area contributed by atoms with Crippen molar-refractivity contribution in [2.45, 2.75) is 0 Å². The minimum absolute atomic E-state index is 1.31. The highest BCUT2D eigenvalue weighted by Gasteiger charge is 2.08. The molecule has 79 valence electrons. The average Bonchev–Trinajstić information content (AvgIpc) is 2.86. The van der Waals surface area contributed by atoms with Crippen molar-refractivity contribution < 1.29 is 0 Å². The van der Waals surface area contributed by atoms with Gasteiger partial charge in [-0.05, 0) is 32.3 Å². The Morgan fingerprint density at radius 2 is 1.29 bits per heavy atom. The standard InChI is InChI=1S/C17H11/c1-2-6-14-12(4-1)8-10-17-15-7-3-5-13(15)9-11-16(14)17/h1-11H. The van der Waals surface area contributed by atoms with Crippen LogP contribution in [0.2, 0.25) is 0 Å². The summed E-state index contributed by atoms with van der Waals surface area (Å²) in [4.78, 5) is 0. The zero-order chi connectivity index (χ0) is 11.2. The fourth-order valence-electron chi connectivity index (χ4n) is 2.71. The summed E-state index contributed by atoms with van der Waals surface area (Å²) in [5, 5.41) is 5.34. The van der Waals surface area contributed by atoms with E-state index in [0.717, 1.165) is 0 Å². The topological polar surface area (TPSA) is 0 Å². The Morgan fingerprint density at radius 1 is 0.588 bits per heavy atom. The van der Waals surface area contributed by atoms with Crippen LogP contribution in [0.4, 0.5) is 0 Å². The molecule has 2 aliphatic rings. The molecule has 0 heterocycles. The van der Waals surface area contributed by atoms with Crippen LogP contribution in [-0.4, -0.2) is 0 Å². The second-order valence-electron chi connectivity index (χ2n) is 4.48. The molecule has 17 heavy (non-hydrogen) atoms. The predicted molar refractivity (Wildman–Crippen MR) is 73.7 cm³/mol. The Labute approximate surface area is 99.9 Å². The van der Waals surface area contributed by atoms with Gasteiger partial charge in [0.15, 0.2) is 0 Å². The maximum absolute atomic E-state index is 2.24. The number of fused-ring (bicyclic) bond motifs is 5. The Bertz CT molecular complexity index is 802. The molecule has 0 fully saturated rings. The van der Waals surface area contributed by atoms with Gasteiger partial charge in [0.2, 0.25) is 0 Å². The minimum Gasteiger partial charge on any atom is -0.0760 e. The second-order valence-corrected chi connectivity index (χ2v) is 4.48. The number of allylic oxidation sites excluding steroid dienone is 3. The van der Waals surface area contributed by atoms with E-state index in [0.29, 0.717) is 0 Å². The molecule has 0 bridgehead atoms. The van der Waals surface area contributed by atoms with Gasteiger partial charge < -0.3 is 0 Å². The Kier molecular flexibility index (Phi) is 1.70. The van der Waals surface area contributed by atoms with Crippen LogP contribution >= 0.6 is 0 Å². The van der Waals surface area contributed by atoms with Crippen molar-refractivity contribution in [1.29, 1.82) is 0 Å². The van der Waals surface area contributed by atoms with Gasteiger partial charge in [-0.3, -0.25) is 0 Å². The smallest absolute Gasteiger partial charge is 0.0137 e. The molecular formula is C17H11. The average molecular weight is 215 g/mol. The largest absolute Gasteiger partial charge is 0.0760 e. The first-order valence-electron chi connectivity index (χ1n) is 5.89. The Balaban J connectivity index is 2.23. The van der Waals surface area contributed by atoms with E-state index in [1.54, 1.807) is 0 Å². The second kappa shape index (κ2) is 3.21. The SMILES string of the molecule is [CH]1C=CC=c2ccc3c4c(ccc3c21)=CC=C4. The number of hydrogen-bond donors (Lipinski definition) is 0. The van der Waals surface area contributed by atoms with Crippen LogP contribution in [0.3, 0.4) is 0 Å². The van der Waals surface area contributed by atoms with Crippen molar-refractivity contribution in [3.05, 3.63) is 70.5 Å². The Hall–Kier alpha value is -2.08. The van der Waals surface area contributed by atoms with Gasteiger partial charge in [0.1, 0.15) is 0 Å². The predicted octanol–water partition coefficient (Wildman–Crippen LogP) is 2.55. The van der Waals surface area contributed by atoms with Crippen LogP contribution in [0.25, 0.3) is 29.0 Å².